The molecule has 8 nitrogen and oxygen atoms in total. The summed E-state index contributed by atoms with van der Waals surface area (Å²) >= 11 is 11.8. The summed E-state index contributed by atoms with van der Waals surface area (Å²) < 4.78 is 71.4. The van der Waals surface area contributed by atoms with Crippen LogP contribution >= 0.6 is 23.2 Å². The molecule has 3 amide bonds. The van der Waals surface area contributed by atoms with Gasteiger partial charge in [-0.05, 0) is 29.7 Å². The van der Waals surface area contributed by atoms with Gasteiger partial charge in [-0.1, -0.05) is 67.4 Å². The van der Waals surface area contributed by atoms with Crippen molar-refractivity contribution in [2.75, 3.05) is 13.2 Å². The molecule has 0 bridgehead atoms. The predicted molar refractivity (Wildman–Crippen MR) is 135 cm³/mol. The van der Waals surface area contributed by atoms with Crippen LogP contribution in [-0.2, 0) is 19.2 Å². The van der Waals surface area contributed by atoms with Crippen LogP contribution in [0.4, 0.5) is 22.0 Å². The second-order valence-electron chi connectivity index (χ2n) is 8.77. The molecule has 2 rings (SSSR count). The monoisotopic (exact) mass is 611 g/mol. The number of ketones is 1. The summed E-state index contributed by atoms with van der Waals surface area (Å²) in [7, 11) is 0. The van der Waals surface area contributed by atoms with Crippen LogP contribution < -0.4 is 20.7 Å². The van der Waals surface area contributed by atoms with Crippen molar-refractivity contribution in [1.82, 2.24) is 16.0 Å². The van der Waals surface area contributed by atoms with Crippen LogP contribution in [0.5, 0.6) is 5.75 Å². The molecule has 0 saturated carbocycles. The molecule has 0 aliphatic rings. The quantitative estimate of drug-likeness (QED) is 0.245. The van der Waals surface area contributed by atoms with E-state index in [-0.39, 0.29) is 21.4 Å². The minimum absolute atomic E-state index is 0.143. The lowest BCUT2D eigenvalue weighted by atomic mass is 9.94. The number of hydrogen-bond donors (Lipinski definition) is 3. The lowest BCUT2D eigenvalue weighted by Gasteiger charge is -2.27. The van der Waals surface area contributed by atoms with Crippen molar-refractivity contribution in [2.24, 2.45) is 5.92 Å². The maximum atomic E-state index is 14.5. The Bertz CT molecular complexity index is 1210. The summed E-state index contributed by atoms with van der Waals surface area (Å²) in [5, 5.41) is 5.88. The molecular formula is C25H24Cl2F5N3O5. The van der Waals surface area contributed by atoms with Crippen LogP contribution in [0.2, 0.25) is 10.0 Å². The summed E-state index contributed by atoms with van der Waals surface area (Å²) in [4.78, 5) is 50.1. The first-order valence-electron chi connectivity index (χ1n) is 11.5. The first-order valence-corrected chi connectivity index (χ1v) is 12.3. The average Bonchev–Trinajstić information content (AvgIpc) is 2.86. The molecule has 15 heteroatoms. The van der Waals surface area contributed by atoms with Crippen molar-refractivity contribution in [3.63, 3.8) is 0 Å². The van der Waals surface area contributed by atoms with Crippen molar-refractivity contribution in [3.05, 3.63) is 64.1 Å². The molecule has 0 saturated heterocycles. The number of rotatable bonds is 12. The molecule has 3 N–H and O–H groups in total. The Balaban J connectivity index is 2.21. The highest BCUT2D eigenvalue weighted by Gasteiger charge is 2.52. The average molecular weight is 612 g/mol. The van der Waals surface area contributed by atoms with E-state index in [1.165, 1.54) is 56.3 Å². The first-order chi connectivity index (χ1) is 18.5. The van der Waals surface area contributed by atoms with Crippen molar-refractivity contribution in [2.45, 2.75) is 38.0 Å². The third-order valence-electron chi connectivity index (χ3n) is 5.20. The van der Waals surface area contributed by atoms with Gasteiger partial charge in [0.25, 0.3) is 11.8 Å². The van der Waals surface area contributed by atoms with E-state index in [1.807, 2.05) is 0 Å². The van der Waals surface area contributed by atoms with Gasteiger partial charge in [-0.2, -0.15) is 22.0 Å². The molecular weight excluding hydrogens is 588 g/mol. The number of carbonyl (C=O) groups excluding carboxylic acids is 4. The van der Waals surface area contributed by atoms with E-state index in [0.717, 1.165) is 5.32 Å². The molecule has 2 aromatic carbocycles. The number of Topliss-reactive ketones (excluding diaryl/α,β-unsaturated/α-hetero) is 1. The van der Waals surface area contributed by atoms with E-state index < -0.39 is 66.8 Å². The Morgan fingerprint density at radius 2 is 1.48 bits per heavy atom. The Labute approximate surface area is 235 Å². The molecule has 0 aliphatic heterocycles. The maximum Gasteiger partial charge on any atom is 0.405 e. The van der Waals surface area contributed by atoms with Gasteiger partial charge in [0, 0.05) is 10.0 Å². The van der Waals surface area contributed by atoms with Gasteiger partial charge >= 0.3 is 12.1 Å². The number of alkyl halides is 5. The molecule has 218 valence electrons. The molecule has 40 heavy (non-hydrogen) atoms. The van der Waals surface area contributed by atoms with E-state index in [9.17, 15) is 41.1 Å². The number of amides is 3. The SMILES string of the molecule is CC(C)[C@H](NC(=O)[C@@H](NC(=O)COc1cc(Cl)cc(Cl)c1)c1ccccc1)C(=O)C(F)(F)C(=O)NCC(F)(F)F. The molecule has 0 aromatic heterocycles. The highest BCUT2D eigenvalue weighted by Crippen LogP contribution is 2.25. The second kappa shape index (κ2) is 13.8. The van der Waals surface area contributed by atoms with Crippen LogP contribution in [0, 0.1) is 5.92 Å². The van der Waals surface area contributed by atoms with Crippen molar-refractivity contribution < 1.29 is 45.9 Å². The van der Waals surface area contributed by atoms with Gasteiger partial charge in [-0.3, -0.25) is 19.2 Å². The van der Waals surface area contributed by atoms with Crippen LogP contribution in [0.3, 0.4) is 0 Å². The summed E-state index contributed by atoms with van der Waals surface area (Å²) in [5.41, 5.74) is 0.198. The molecule has 0 heterocycles. The number of benzene rings is 2. The highest BCUT2D eigenvalue weighted by atomic mass is 35.5. The summed E-state index contributed by atoms with van der Waals surface area (Å²) in [6.07, 6.45) is -5.00. The van der Waals surface area contributed by atoms with Gasteiger partial charge in [0.2, 0.25) is 11.7 Å². The van der Waals surface area contributed by atoms with Crippen molar-refractivity contribution in [3.8, 4) is 5.75 Å². The zero-order valence-electron chi connectivity index (χ0n) is 21.0. The van der Waals surface area contributed by atoms with Crippen LogP contribution in [0.25, 0.3) is 0 Å². The normalized spacial score (nSPS) is 13.2. The Hall–Kier alpha value is -3.45. The summed E-state index contributed by atoms with van der Waals surface area (Å²) in [6, 6.07) is 8.20. The van der Waals surface area contributed by atoms with Gasteiger partial charge in [0.1, 0.15) is 18.3 Å². The Morgan fingerprint density at radius 3 is 2.00 bits per heavy atom. The molecule has 0 fully saturated rings. The van der Waals surface area contributed by atoms with E-state index in [1.54, 1.807) is 6.07 Å². The number of hydrogen-bond acceptors (Lipinski definition) is 5. The van der Waals surface area contributed by atoms with Crippen LogP contribution in [0.15, 0.2) is 48.5 Å². The number of halogens is 7. The van der Waals surface area contributed by atoms with Crippen LogP contribution in [-0.4, -0.2) is 54.8 Å². The van der Waals surface area contributed by atoms with Crippen LogP contribution in [0.1, 0.15) is 25.5 Å². The summed E-state index contributed by atoms with van der Waals surface area (Å²) in [5.74, 6) is -12.3. The molecule has 2 atom stereocenters. The molecule has 0 unspecified atom stereocenters. The third kappa shape index (κ3) is 9.63. The minimum Gasteiger partial charge on any atom is -0.484 e. The standard InChI is InChI=1S/C25H24Cl2F5N3O5/c1-13(2)19(21(37)25(31,32)23(39)33-12-24(28,29)30)35-22(38)20(14-6-4-3-5-7-14)34-18(36)11-40-17-9-15(26)8-16(27)10-17/h3-10,13,19-20H,11-12H2,1-2H3,(H,33,39)(H,34,36)(H,35,38)/t19-,20-/m0/s1. The smallest absolute Gasteiger partial charge is 0.405 e. The van der Waals surface area contributed by atoms with Gasteiger partial charge in [-0.15, -0.1) is 0 Å². The lowest BCUT2D eigenvalue weighted by Crippen LogP contribution is -2.58. The van der Waals surface area contributed by atoms with Gasteiger partial charge in [-0.25, -0.2) is 0 Å². The zero-order valence-corrected chi connectivity index (χ0v) is 22.5. The number of carbonyl (C=O) groups is 4. The zero-order chi connectivity index (χ0) is 30.3. The first kappa shape index (κ1) is 32.8. The van der Waals surface area contributed by atoms with Gasteiger partial charge in [0.15, 0.2) is 6.61 Å². The predicted octanol–water partition coefficient (Wildman–Crippen LogP) is 4.25. The number of ether oxygens (including phenoxy) is 1. The van der Waals surface area contributed by atoms with E-state index >= 15 is 0 Å². The topological polar surface area (TPSA) is 114 Å². The van der Waals surface area contributed by atoms with E-state index in [4.69, 9.17) is 27.9 Å². The maximum absolute atomic E-state index is 14.5. The largest absolute Gasteiger partial charge is 0.484 e. The third-order valence-corrected chi connectivity index (χ3v) is 5.63. The molecule has 2 aromatic rings. The highest BCUT2D eigenvalue weighted by molar-refractivity contribution is 6.34. The fourth-order valence-electron chi connectivity index (χ4n) is 3.28. The number of nitrogens with one attached hydrogen (secondary N) is 3. The Kier molecular flexibility index (Phi) is 11.3. The Morgan fingerprint density at radius 1 is 0.900 bits per heavy atom. The van der Waals surface area contributed by atoms with Gasteiger partial charge < -0.3 is 20.7 Å². The minimum atomic E-state index is -5.00. The van der Waals surface area contributed by atoms with Crippen molar-refractivity contribution >= 4 is 46.7 Å². The fraction of sp³-hybridized carbons (Fsp3) is 0.360. The second-order valence-corrected chi connectivity index (χ2v) is 9.64. The lowest BCUT2D eigenvalue weighted by molar-refractivity contribution is -0.165. The van der Waals surface area contributed by atoms with Gasteiger partial charge in [0.05, 0.1) is 6.04 Å². The fourth-order valence-corrected chi connectivity index (χ4v) is 3.79. The molecule has 0 radical (unpaired) electrons. The summed E-state index contributed by atoms with van der Waals surface area (Å²) in [6.45, 7) is -0.157. The molecule has 0 spiro atoms. The van der Waals surface area contributed by atoms with E-state index in [0.29, 0.717) is 0 Å². The van der Waals surface area contributed by atoms with E-state index in [2.05, 4.69) is 10.6 Å². The van der Waals surface area contributed by atoms with Crippen molar-refractivity contribution in [1.29, 1.82) is 0 Å². The molecule has 0 aliphatic carbocycles.